The second kappa shape index (κ2) is 11.9. The Kier molecular flexibility index (Phi) is 11.6. The van der Waals surface area contributed by atoms with E-state index in [0.717, 1.165) is 13.0 Å². The maximum Gasteiger partial charge on any atom is 0.220 e. The largest absolute Gasteiger partial charge is 0.356 e. The number of unbranched alkanes of at least 4 members (excludes halogenated alkanes) is 7. The highest BCUT2D eigenvalue weighted by Gasteiger charge is 2.01. The van der Waals surface area contributed by atoms with Gasteiger partial charge in [0, 0.05) is 13.0 Å². The molecular weight excluding hydrogens is 210 g/mol. The van der Waals surface area contributed by atoms with Gasteiger partial charge in [-0.05, 0) is 12.3 Å². The van der Waals surface area contributed by atoms with Gasteiger partial charge < -0.3 is 5.32 Å². The fourth-order valence-electron chi connectivity index (χ4n) is 1.83. The minimum absolute atomic E-state index is 0.227. The van der Waals surface area contributed by atoms with Crippen molar-refractivity contribution < 1.29 is 4.79 Å². The summed E-state index contributed by atoms with van der Waals surface area (Å²) in [6, 6.07) is 0. The molecule has 0 fully saturated rings. The second-order valence-electron chi connectivity index (χ2n) is 5.42. The van der Waals surface area contributed by atoms with Gasteiger partial charge in [0.2, 0.25) is 5.91 Å². The third kappa shape index (κ3) is 13.4. The van der Waals surface area contributed by atoms with Crippen LogP contribution in [0.5, 0.6) is 0 Å². The highest BCUT2D eigenvalue weighted by atomic mass is 16.1. The number of amides is 1. The topological polar surface area (TPSA) is 29.1 Å². The van der Waals surface area contributed by atoms with Crippen molar-refractivity contribution in [2.24, 2.45) is 5.92 Å². The van der Waals surface area contributed by atoms with Crippen LogP contribution >= 0.6 is 0 Å². The van der Waals surface area contributed by atoms with E-state index in [1.165, 1.54) is 44.9 Å². The highest BCUT2D eigenvalue weighted by Crippen LogP contribution is 2.09. The molecule has 0 saturated carbocycles. The molecule has 0 spiro atoms. The Labute approximate surface area is 108 Å². The van der Waals surface area contributed by atoms with E-state index in [9.17, 15) is 4.79 Å². The molecule has 1 N–H and O–H groups in total. The fourth-order valence-corrected chi connectivity index (χ4v) is 1.83. The number of carbonyl (C=O) groups is 1. The van der Waals surface area contributed by atoms with Gasteiger partial charge >= 0.3 is 0 Å². The first-order valence-electron chi connectivity index (χ1n) is 7.43. The summed E-state index contributed by atoms with van der Waals surface area (Å²) >= 11 is 0. The van der Waals surface area contributed by atoms with Crippen molar-refractivity contribution in [3.05, 3.63) is 0 Å². The molecule has 0 unspecified atom stereocenters. The van der Waals surface area contributed by atoms with Gasteiger partial charge in [-0.1, -0.05) is 65.7 Å². The molecule has 17 heavy (non-hydrogen) atoms. The van der Waals surface area contributed by atoms with Crippen LogP contribution in [0.2, 0.25) is 0 Å². The summed E-state index contributed by atoms with van der Waals surface area (Å²) in [6.07, 6.45) is 11.0. The molecule has 0 aliphatic carbocycles. The van der Waals surface area contributed by atoms with Crippen molar-refractivity contribution in [1.82, 2.24) is 5.32 Å². The van der Waals surface area contributed by atoms with Gasteiger partial charge in [0.1, 0.15) is 0 Å². The van der Waals surface area contributed by atoms with Crippen LogP contribution in [0.25, 0.3) is 0 Å². The van der Waals surface area contributed by atoms with Crippen LogP contribution in [-0.2, 0) is 4.79 Å². The number of nitrogens with one attached hydrogen (secondary N) is 1. The van der Waals surface area contributed by atoms with Gasteiger partial charge in [-0.2, -0.15) is 0 Å². The Bertz CT molecular complexity index is 178. The molecule has 0 aliphatic rings. The maximum atomic E-state index is 11.4. The van der Waals surface area contributed by atoms with Crippen molar-refractivity contribution in [3.63, 3.8) is 0 Å². The van der Waals surface area contributed by atoms with Gasteiger partial charge in [-0.3, -0.25) is 4.79 Å². The highest BCUT2D eigenvalue weighted by molar-refractivity contribution is 5.75. The van der Waals surface area contributed by atoms with E-state index in [1.807, 2.05) is 0 Å². The summed E-state index contributed by atoms with van der Waals surface area (Å²) in [6.45, 7) is 7.30. The normalized spacial score (nSPS) is 10.8. The summed E-state index contributed by atoms with van der Waals surface area (Å²) in [7, 11) is 0. The minimum atomic E-state index is 0.227. The molecule has 0 rings (SSSR count). The van der Waals surface area contributed by atoms with E-state index < -0.39 is 0 Å². The first kappa shape index (κ1) is 16.5. The molecule has 0 aromatic carbocycles. The standard InChI is InChI=1S/C15H31NO/c1-4-5-6-7-8-9-10-11-12-15(17)16-13-14(2)3/h14H,4-13H2,1-3H3,(H,16,17). The van der Waals surface area contributed by atoms with Crippen LogP contribution in [-0.4, -0.2) is 12.5 Å². The smallest absolute Gasteiger partial charge is 0.220 e. The second-order valence-corrected chi connectivity index (χ2v) is 5.42. The lowest BCUT2D eigenvalue weighted by Crippen LogP contribution is -2.26. The van der Waals surface area contributed by atoms with Gasteiger partial charge in [0.25, 0.3) is 0 Å². The number of hydrogen-bond acceptors (Lipinski definition) is 1. The van der Waals surface area contributed by atoms with E-state index >= 15 is 0 Å². The van der Waals surface area contributed by atoms with Gasteiger partial charge in [-0.25, -0.2) is 0 Å². The average Bonchev–Trinajstić information content (AvgIpc) is 2.30. The summed E-state index contributed by atoms with van der Waals surface area (Å²) in [5, 5.41) is 2.96. The van der Waals surface area contributed by atoms with E-state index in [4.69, 9.17) is 0 Å². The minimum Gasteiger partial charge on any atom is -0.356 e. The van der Waals surface area contributed by atoms with Gasteiger partial charge in [0.05, 0.1) is 0 Å². The Morgan fingerprint density at radius 2 is 1.47 bits per heavy atom. The number of rotatable bonds is 11. The van der Waals surface area contributed by atoms with Crippen LogP contribution < -0.4 is 5.32 Å². The average molecular weight is 241 g/mol. The molecule has 2 nitrogen and oxygen atoms in total. The zero-order valence-corrected chi connectivity index (χ0v) is 12.1. The predicted octanol–water partition coefficient (Wildman–Crippen LogP) is 4.29. The molecule has 102 valence electrons. The maximum absolute atomic E-state index is 11.4. The van der Waals surface area contributed by atoms with Crippen LogP contribution in [0, 0.1) is 5.92 Å². The lowest BCUT2D eigenvalue weighted by molar-refractivity contribution is -0.121. The van der Waals surface area contributed by atoms with Crippen molar-refractivity contribution in [1.29, 1.82) is 0 Å². The summed E-state index contributed by atoms with van der Waals surface area (Å²) < 4.78 is 0. The molecule has 1 amide bonds. The van der Waals surface area contributed by atoms with E-state index in [-0.39, 0.29) is 5.91 Å². The van der Waals surface area contributed by atoms with Crippen LogP contribution in [0.15, 0.2) is 0 Å². The predicted molar refractivity (Wildman–Crippen MR) is 75.1 cm³/mol. The quantitative estimate of drug-likeness (QED) is 0.537. The van der Waals surface area contributed by atoms with Crippen LogP contribution in [0.3, 0.4) is 0 Å². The van der Waals surface area contributed by atoms with Crippen molar-refractivity contribution >= 4 is 5.91 Å². The summed E-state index contributed by atoms with van der Waals surface area (Å²) in [4.78, 5) is 11.4. The molecule has 0 aliphatic heterocycles. The van der Waals surface area contributed by atoms with Gasteiger partial charge in [0.15, 0.2) is 0 Å². The van der Waals surface area contributed by atoms with Crippen molar-refractivity contribution in [2.45, 2.75) is 78.6 Å². The van der Waals surface area contributed by atoms with Gasteiger partial charge in [-0.15, -0.1) is 0 Å². The molecule has 0 radical (unpaired) electrons. The van der Waals surface area contributed by atoms with Crippen LogP contribution in [0.1, 0.15) is 78.6 Å². The third-order valence-electron chi connectivity index (χ3n) is 2.96. The first-order chi connectivity index (χ1) is 8.16. The zero-order valence-electron chi connectivity index (χ0n) is 12.1. The van der Waals surface area contributed by atoms with E-state index in [0.29, 0.717) is 12.3 Å². The fraction of sp³-hybridized carbons (Fsp3) is 0.933. The zero-order chi connectivity index (χ0) is 12.9. The molecule has 0 atom stereocenters. The summed E-state index contributed by atoms with van der Waals surface area (Å²) in [5.74, 6) is 0.780. The monoisotopic (exact) mass is 241 g/mol. The number of hydrogen-bond donors (Lipinski definition) is 1. The number of carbonyl (C=O) groups excluding carboxylic acids is 1. The SMILES string of the molecule is CCCCCCCCCCC(=O)NCC(C)C. The Hall–Kier alpha value is -0.530. The van der Waals surface area contributed by atoms with E-state index in [1.54, 1.807) is 0 Å². The molecule has 0 aromatic rings. The molecule has 0 bridgehead atoms. The van der Waals surface area contributed by atoms with Crippen molar-refractivity contribution in [3.8, 4) is 0 Å². The summed E-state index contributed by atoms with van der Waals surface area (Å²) in [5.41, 5.74) is 0. The molecule has 0 aromatic heterocycles. The Morgan fingerprint density at radius 3 is 2.00 bits per heavy atom. The van der Waals surface area contributed by atoms with E-state index in [2.05, 4.69) is 26.1 Å². The first-order valence-corrected chi connectivity index (χ1v) is 7.43. The molecule has 0 saturated heterocycles. The third-order valence-corrected chi connectivity index (χ3v) is 2.96. The molecule has 2 heteroatoms. The van der Waals surface area contributed by atoms with Crippen LogP contribution in [0.4, 0.5) is 0 Å². The molecule has 0 heterocycles. The lowest BCUT2D eigenvalue weighted by atomic mass is 10.1. The Morgan fingerprint density at radius 1 is 0.941 bits per heavy atom. The molecular formula is C15H31NO. The van der Waals surface area contributed by atoms with Crippen molar-refractivity contribution in [2.75, 3.05) is 6.54 Å². The Balaban J connectivity index is 3.14. The lowest BCUT2D eigenvalue weighted by Gasteiger charge is -2.07.